The highest BCUT2D eigenvalue weighted by Gasteiger charge is 2.35. The number of carbonyl (C=O) groups excluding carboxylic acids is 1. The van der Waals surface area contributed by atoms with E-state index in [2.05, 4.69) is 6.92 Å². The van der Waals surface area contributed by atoms with Crippen LogP contribution in [0.2, 0.25) is 0 Å². The Morgan fingerprint density at radius 2 is 1.59 bits per heavy atom. The maximum Gasteiger partial charge on any atom is 0.378 e. The quantitative estimate of drug-likeness (QED) is 0.197. The SMILES string of the molecule is CCCCCCCCCCCC[C@H]1CC[P@@](=O)(OC)OC(C)=C1C(=O)OC. The molecule has 1 heterocycles. The lowest BCUT2D eigenvalue weighted by Gasteiger charge is -2.17. The molecule has 0 radical (unpaired) electrons. The van der Waals surface area contributed by atoms with Gasteiger partial charge in [-0.25, -0.2) is 9.36 Å². The molecule has 0 bridgehead atoms. The van der Waals surface area contributed by atoms with E-state index in [0.29, 0.717) is 23.9 Å². The molecule has 1 rings (SSSR count). The first kappa shape index (κ1) is 24.2. The lowest BCUT2D eigenvalue weighted by atomic mass is 9.89. The van der Waals surface area contributed by atoms with Crippen LogP contribution in [0.4, 0.5) is 0 Å². The Kier molecular flexibility index (Phi) is 12.0. The fraction of sp³-hybridized carbons (Fsp3) is 0.857. The van der Waals surface area contributed by atoms with Crippen LogP contribution in [0.15, 0.2) is 11.3 Å². The average molecular weight is 403 g/mol. The number of unbranched alkanes of at least 4 members (excludes halogenated alkanes) is 9. The average Bonchev–Trinajstić information content (AvgIpc) is 2.79. The van der Waals surface area contributed by atoms with Crippen molar-refractivity contribution in [1.82, 2.24) is 0 Å². The third-order valence-electron chi connectivity index (χ3n) is 5.40. The number of carbonyl (C=O) groups is 1. The molecule has 2 atom stereocenters. The van der Waals surface area contributed by atoms with E-state index in [-0.39, 0.29) is 11.9 Å². The van der Waals surface area contributed by atoms with Crippen LogP contribution in [-0.2, 0) is 23.1 Å². The second-order valence-electron chi connectivity index (χ2n) is 7.53. The molecule has 0 saturated heterocycles. The molecule has 0 amide bonds. The van der Waals surface area contributed by atoms with E-state index in [1.54, 1.807) is 6.92 Å². The number of hydrogen-bond donors (Lipinski definition) is 0. The van der Waals surface area contributed by atoms with E-state index < -0.39 is 7.60 Å². The zero-order valence-electron chi connectivity index (χ0n) is 17.8. The lowest BCUT2D eigenvalue weighted by molar-refractivity contribution is -0.137. The van der Waals surface area contributed by atoms with Crippen LogP contribution in [0.1, 0.15) is 90.9 Å². The van der Waals surface area contributed by atoms with Crippen molar-refractivity contribution >= 4 is 13.6 Å². The van der Waals surface area contributed by atoms with Gasteiger partial charge in [-0.05, 0) is 25.7 Å². The highest BCUT2D eigenvalue weighted by Crippen LogP contribution is 2.54. The summed E-state index contributed by atoms with van der Waals surface area (Å²) in [6.45, 7) is 3.94. The van der Waals surface area contributed by atoms with E-state index in [1.807, 2.05) is 0 Å². The maximum atomic E-state index is 12.5. The largest absolute Gasteiger partial charge is 0.466 e. The van der Waals surface area contributed by atoms with Crippen molar-refractivity contribution in [3.05, 3.63) is 11.3 Å². The fourth-order valence-corrected chi connectivity index (χ4v) is 5.26. The van der Waals surface area contributed by atoms with Crippen molar-refractivity contribution in [2.75, 3.05) is 20.4 Å². The predicted molar refractivity (Wildman–Crippen MR) is 110 cm³/mol. The highest BCUT2D eigenvalue weighted by molar-refractivity contribution is 7.53. The minimum Gasteiger partial charge on any atom is -0.466 e. The fourth-order valence-electron chi connectivity index (χ4n) is 3.76. The topological polar surface area (TPSA) is 61.8 Å². The van der Waals surface area contributed by atoms with Gasteiger partial charge in [0.15, 0.2) is 0 Å². The molecule has 0 aromatic heterocycles. The Morgan fingerprint density at radius 3 is 2.11 bits per heavy atom. The van der Waals surface area contributed by atoms with E-state index in [9.17, 15) is 9.36 Å². The maximum absolute atomic E-state index is 12.5. The molecular weight excluding hydrogens is 363 g/mol. The summed E-state index contributed by atoms with van der Waals surface area (Å²) >= 11 is 0. The molecule has 6 heteroatoms. The molecule has 1 aliphatic rings. The number of esters is 1. The van der Waals surface area contributed by atoms with Crippen LogP contribution in [0.5, 0.6) is 0 Å². The molecule has 0 saturated carbocycles. The van der Waals surface area contributed by atoms with Gasteiger partial charge in [0.2, 0.25) is 0 Å². The predicted octanol–water partition coefficient (Wildman–Crippen LogP) is 6.62. The Balaban J connectivity index is 2.42. The summed E-state index contributed by atoms with van der Waals surface area (Å²) in [6.07, 6.45) is 14.7. The number of rotatable bonds is 13. The van der Waals surface area contributed by atoms with Crippen LogP contribution in [0, 0.1) is 5.92 Å². The minimum atomic E-state index is -3.15. The smallest absolute Gasteiger partial charge is 0.378 e. The molecule has 0 unspecified atom stereocenters. The molecule has 0 aromatic rings. The van der Waals surface area contributed by atoms with Gasteiger partial charge in [0, 0.05) is 7.11 Å². The van der Waals surface area contributed by atoms with Crippen LogP contribution in [-0.4, -0.2) is 26.4 Å². The molecule has 158 valence electrons. The van der Waals surface area contributed by atoms with Crippen molar-refractivity contribution in [3.63, 3.8) is 0 Å². The van der Waals surface area contributed by atoms with Crippen molar-refractivity contribution in [2.24, 2.45) is 5.92 Å². The monoisotopic (exact) mass is 402 g/mol. The zero-order valence-corrected chi connectivity index (χ0v) is 18.7. The number of hydrogen-bond acceptors (Lipinski definition) is 5. The number of allylic oxidation sites excluding steroid dienone is 1. The first-order valence-corrected chi connectivity index (χ1v) is 12.3. The Morgan fingerprint density at radius 1 is 1.04 bits per heavy atom. The molecule has 5 nitrogen and oxygen atoms in total. The third-order valence-corrected chi connectivity index (χ3v) is 7.32. The molecule has 0 fully saturated rings. The number of methoxy groups -OCH3 is 1. The highest BCUT2D eigenvalue weighted by atomic mass is 31.2. The summed E-state index contributed by atoms with van der Waals surface area (Å²) in [6, 6.07) is 0. The van der Waals surface area contributed by atoms with Crippen molar-refractivity contribution < 1.29 is 23.1 Å². The zero-order chi connectivity index (χ0) is 20.1. The third kappa shape index (κ3) is 8.83. The van der Waals surface area contributed by atoms with Crippen molar-refractivity contribution in [2.45, 2.75) is 90.9 Å². The molecule has 0 aromatic carbocycles. The van der Waals surface area contributed by atoms with E-state index >= 15 is 0 Å². The van der Waals surface area contributed by atoms with E-state index in [4.69, 9.17) is 13.8 Å². The van der Waals surface area contributed by atoms with Gasteiger partial charge >= 0.3 is 13.6 Å². The van der Waals surface area contributed by atoms with Crippen LogP contribution in [0.25, 0.3) is 0 Å². The van der Waals surface area contributed by atoms with Gasteiger partial charge in [-0.15, -0.1) is 0 Å². The summed E-state index contributed by atoms with van der Waals surface area (Å²) in [7, 11) is -0.377. The summed E-state index contributed by atoms with van der Waals surface area (Å²) in [5, 5.41) is 0. The van der Waals surface area contributed by atoms with Crippen LogP contribution in [0.3, 0.4) is 0 Å². The van der Waals surface area contributed by atoms with E-state index in [0.717, 1.165) is 12.8 Å². The first-order chi connectivity index (χ1) is 13.0. The standard InChI is InChI=1S/C21H39O5P/c1-5-6-7-8-9-10-11-12-13-14-15-19-16-17-27(23,25-4)26-18(2)20(19)21(22)24-3/h19H,5-17H2,1-4H3/t19-,27+/m0/s1. The van der Waals surface area contributed by atoms with Gasteiger partial charge in [-0.2, -0.15) is 0 Å². The van der Waals surface area contributed by atoms with Gasteiger partial charge in [-0.1, -0.05) is 71.1 Å². The van der Waals surface area contributed by atoms with Crippen LogP contribution >= 0.6 is 7.60 Å². The molecule has 0 N–H and O–H groups in total. The van der Waals surface area contributed by atoms with Crippen molar-refractivity contribution in [1.29, 1.82) is 0 Å². The van der Waals surface area contributed by atoms with Crippen molar-refractivity contribution in [3.8, 4) is 0 Å². The second kappa shape index (κ2) is 13.4. The Hall–Kier alpha value is -0.800. The van der Waals surface area contributed by atoms with Gasteiger partial charge in [0.05, 0.1) is 18.8 Å². The second-order valence-corrected chi connectivity index (χ2v) is 9.74. The lowest BCUT2D eigenvalue weighted by Crippen LogP contribution is -2.16. The molecular formula is C21H39O5P. The van der Waals surface area contributed by atoms with Crippen LogP contribution < -0.4 is 0 Å². The first-order valence-electron chi connectivity index (χ1n) is 10.6. The summed E-state index contributed by atoms with van der Waals surface area (Å²) in [5.74, 6) is 0.0354. The molecule has 27 heavy (non-hydrogen) atoms. The van der Waals surface area contributed by atoms with Gasteiger partial charge in [-0.3, -0.25) is 0 Å². The number of ether oxygens (including phenoxy) is 1. The minimum absolute atomic E-state index is 0.0254. The molecule has 0 spiro atoms. The van der Waals surface area contributed by atoms with Gasteiger partial charge in [0.25, 0.3) is 0 Å². The van der Waals surface area contributed by atoms with Gasteiger partial charge < -0.3 is 13.8 Å². The summed E-state index contributed by atoms with van der Waals surface area (Å²) in [4.78, 5) is 12.2. The summed E-state index contributed by atoms with van der Waals surface area (Å²) < 4.78 is 28.1. The van der Waals surface area contributed by atoms with Gasteiger partial charge in [0.1, 0.15) is 5.76 Å². The molecule has 0 aliphatic carbocycles. The summed E-state index contributed by atoms with van der Waals surface area (Å²) in [5.41, 5.74) is 0.531. The molecule has 1 aliphatic heterocycles. The van der Waals surface area contributed by atoms with E-state index in [1.165, 1.54) is 72.0 Å². The normalized spacial score (nSPS) is 23.0. The Bertz CT molecular complexity index is 515. The Labute approximate surface area is 165 Å².